The molecule has 24 heavy (non-hydrogen) atoms. The topological polar surface area (TPSA) is 104 Å². The summed E-state index contributed by atoms with van der Waals surface area (Å²) in [6, 6.07) is -0.786. The summed E-state index contributed by atoms with van der Waals surface area (Å²) in [5.74, 6) is -1.89. The Bertz CT molecular complexity index is 344. The van der Waals surface area contributed by atoms with Crippen molar-refractivity contribution in [1.29, 1.82) is 0 Å². The minimum atomic E-state index is -0.986. The molecule has 0 fully saturated rings. The Morgan fingerprint density at radius 2 is 1.25 bits per heavy atom. The average molecular weight is 345 g/mol. The van der Waals surface area contributed by atoms with E-state index in [0.29, 0.717) is 6.42 Å². The second-order valence-corrected chi connectivity index (χ2v) is 5.95. The largest absolute Gasteiger partial charge is 0.481 e. The summed E-state index contributed by atoms with van der Waals surface area (Å²) in [4.78, 5) is 31.3. The van der Waals surface area contributed by atoms with E-state index in [2.05, 4.69) is 12.2 Å². The zero-order chi connectivity index (χ0) is 18.8. The van der Waals surface area contributed by atoms with Gasteiger partial charge in [0.2, 0.25) is 5.91 Å². The summed E-state index contributed by atoms with van der Waals surface area (Å²) in [6.45, 7) is 5.30. The van der Waals surface area contributed by atoms with E-state index in [4.69, 9.17) is 10.2 Å². The molecule has 1 atom stereocenters. The van der Waals surface area contributed by atoms with Crippen LogP contribution in [0.4, 0.5) is 0 Å². The lowest BCUT2D eigenvalue weighted by molar-refractivity contribution is -0.141. The molecule has 1 unspecified atom stereocenters. The predicted molar refractivity (Wildman–Crippen MR) is 95.0 cm³/mol. The number of amides is 1. The van der Waals surface area contributed by atoms with Gasteiger partial charge >= 0.3 is 11.9 Å². The first-order chi connectivity index (χ1) is 11.3. The lowest BCUT2D eigenvalue weighted by Crippen LogP contribution is -2.38. The van der Waals surface area contributed by atoms with Crippen molar-refractivity contribution in [2.75, 3.05) is 0 Å². The van der Waals surface area contributed by atoms with E-state index in [1.165, 1.54) is 51.9 Å². The molecule has 0 aliphatic heterocycles. The first kappa shape index (κ1) is 24.7. The molecule has 0 radical (unpaired) electrons. The number of unbranched alkanes of at least 4 members (excludes halogenated alkanes) is 8. The zero-order valence-electron chi connectivity index (χ0n) is 15.5. The number of hydrogen-bond acceptors (Lipinski definition) is 3. The third-order valence-corrected chi connectivity index (χ3v) is 3.56. The Balaban J connectivity index is 0. The van der Waals surface area contributed by atoms with E-state index in [-0.39, 0.29) is 12.3 Å². The molecule has 0 spiro atoms. The average Bonchev–Trinajstić information content (AvgIpc) is 2.53. The highest BCUT2D eigenvalue weighted by atomic mass is 16.4. The number of carboxylic acid groups (broad SMARTS) is 2. The van der Waals surface area contributed by atoms with Gasteiger partial charge in [-0.05, 0) is 13.3 Å². The van der Waals surface area contributed by atoms with Crippen LogP contribution in [0.3, 0.4) is 0 Å². The fourth-order valence-electron chi connectivity index (χ4n) is 1.97. The molecule has 0 aromatic rings. The minimum absolute atomic E-state index is 0.155. The van der Waals surface area contributed by atoms with Crippen molar-refractivity contribution in [3.8, 4) is 0 Å². The summed E-state index contributed by atoms with van der Waals surface area (Å²) in [5.41, 5.74) is 0. The van der Waals surface area contributed by atoms with Crippen LogP contribution in [0.5, 0.6) is 0 Å². The highest BCUT2D eigenvalue weighted by Gasteiger charge is 2.12. The van der Waals surface area contributed by atoms with Crippen LogP contribution in [-0.2, 0) is 14.4 Å². The number of carbonyl (C=O) groups excluding carboxylic acids is 1. The molecule has 0 saturated carbocycles. The molecule has 6 heteroatoms. The van der Waals surface area contributed by atoms with Crippen molar-refractivity contribution in [3.05, 3.63) is 0 Å². The van der Waals surface area contributed by atoms with Crippen LogP contribution in [0.1, 0.15) is 91.4 Å². The van der Waals surface area contributed by atoms with Gasteiger partial charge in [0.1, 0.15) is 6.04 Å². The van der Waals surface area contributed by atoms with E-state index in [0.717, 1.165) is 12.8 Å². The lowest BCUT2D eigenvalue weighted by Gasteiger charge is -2.08. The van der Waals surface area contributed by atoms with Crippen molar-refractivity contribution in [2.45, 2.75) is 97.4 Å². The number of hydrogen-bond donors (Lipinski definition) is 3. The Labute approximate surface area is 146 Å². The molecule has 0 heterocycles. The summed E-state index contributed by atoms with van der Waals surface area (Å²) < 4.78 is 0. The van der Waals surface area contributed by atoms with Gasteiger partial charge in [-0.15, -0.1) is 0 Å². The van der Waals surface area contributed by atoms with Gasteiger partial charge in [-0.3, -0.25) is 14.4 Å². The van der Waals surface area contributed by atoms with Crippen LogP contribution in [0, 0.1) is 0 Å². The molecule has 1 amide bonds. The smallest absolute Gasteiger partial charge is 0.325 e. The Hall–Kier alpha value is -1.59. The summed E-state index contributed by atoms with van der Waals surface area (Å²) in [5, 5.41) is 18.8. The molecular weight excluding hydrogens is 310 g/mol. The number of carbonyl (C=O) groups is 3. The molecule has 0 aliphatic carbocycles. The van der Waals surface area contributed by atoms with Crippen molar-refractivity contribution in [1.82, 2.24) is 5.32 Å². The number of nitrogens with one attached hydrogen (secondary N) is 1. The fourth-order valence-corrected chi connectivity index (χ4v) is 1.97. The molecule has 0 aliphatic rings. The number of aliphatic carboxylic acids is 2. The maximum atomic E-state index is 11.4. The SMILES string of the molecule is CCC(=O)O.CCCCCCCCCCCC(=O)NC(C)C(=O)O. The summed E-state index contributed by atoms with van der Waals surface area (Å²) >= 11 is 0. The number of carboxylic acids is 2. The molecule has 3 N–H and O–H groups in total. The first-order valence-electron chi connectivity index (χ1n) is 9.09. The van der Waals surface area contributed by atoms with Crippen LogP contribution in [-0.4, -0.2) is 34.1 Å². The van der Waals surface area contributed by atoms with Crippen molar-refractivity contribution in [2.24, 2.45) is 0 Å². The van der Waals surface area contributed by atoms with Crippen LogP contribution < -0.4 is 5.32 Å². The van der Waals surface area contributed by atoms with E-state index >= 15 is 0 Å². The predicted octanol–water partition coefficient (Wildman–Crippen LogP) is 3.98. The third-order valence-electron chi connectivity index (χ3n) is 3.56. The highest BCUT2D eigenvalue weighted by Crippen LogP contribution is 2.10. The Morgan fingerprint density at radius 1 is 0.833 bits per heavy atom. The highest BCUT2D eigenvalue weighted by molar-refractivity contribution is 5.83. The van der Waals surface area contributed by atoms with Crippen LogP contribution in [0.25, 0.3) is 0 Å². The van der Waals surface area contributed by atoms with Gasteiger partial charge in [-0.25, -0.2) is 0 Å². The van der Waals surface area contributed by atoms with Crippen molar-refractivity contribution < 1.29 is 24.6 Å². The van der Waals surface area contributed by atoms with Crippen molar-refractivity contribution in [3.63, 3.8) is 0 Å². The quantitative estimate of drug-likeness (QED) is 0.438. The summed E-state index contributed by atoms with van der Waals surface area (Å²) in [7, 11) is 0. The lowest BCUT2D eigenvalue weighted by atomic mass is 10.1. The first-order valence-corrected chi connectivity index (χ1v) is 9.09. The molecule has 0 saturated heterocycles. The molecule has 0 bridgehead atoms. The number of rotatable bonds is 13. The van der Waals surface area contributed by atoms with E-state index < -0.39 is 18.0 Å². The van der Waals surface area contributed by atoms with E-state index in [1.807, 2.05) is 0 Å². The second-order valence-electron chi connectivity index (χ2n) is 5.95. The molecule has 6 nitrogen and oxygen atoms in total. The van der Waals surface area contributed by atoms with Crippen LogP contribution in [0.2, 0.25) is 0 Å². The molecule has 142 valence electrons. The standard InChI is InChI=1S/C15H29NO3.C3H6O2/c1-3-4-5-6-7-8-9-10-11-12-14(17)16-13(2)15(18)19;1-2-3(4)5/h13H,3-12H2,1-2H3,(H,16,17)(H,18,19);2H2,1H3,(H,4,5). The van der Waals surface area contributed by atoms with Gasteiger partial charge in [0, 0.05) is 12.8 Å². The fraction of sp³-hybridized carbons (Fsp3) is 0.833. The maximum Gasteiger partial charge on any atom is 0.325 e. The van der Waals surface area contributed by atoms with E-state index in [9.17, 15) is 14.4 Å². The van der Waals surface area contributed by atoms with Crippen LogP contribution in [0.15, 0.2) is 0 Å². The molecular formula is C18H35NO5. The minimum Gasteiger partial charge on any atom is -0.481 e. The molecule has 0 rings (SSSR count). The van der Waals surface area contributed by atoms with Crippen LogP contribution >= 0.6 is 0 Å². The Kier molecular flexibility index (Phi) is 18.2. The monoisotopic (exact) mass is 345 g/mol. The van der Waals surface area contributed by atoms with Gasteiger partial charge in [0.05, 0.1) is 0 Å². The molecule has 0 aromatic heterocycles. The molecule has 0 aromatic carbocycles. The van der Waals surface area contributed by atoms with Gasteiger partial charge < -0.3 is 15.5 Å². The third kappa shape index (κ3) is 20.4. The summed E-state index contributed by atoms with van der Waals surface area (Å²) in [6.07, 6.45) is 11.6. The second kappa shape index (κ2) is 17.8. The van der Waals surface area contributed by atoms with E-state index in [1.54, 1.807) is 6.92 Å². The van der Waals surface area contributed by atoms with Gasteiger partial charge in [-0.1, -0.05) is 65.2 Å². The van der Waals surface area contributed by atoms with Gasteiger partial charge in [0.25, 0.3) is 0 Å². The maximum absolute atomic E-state index is 11.4. The van der Waals surface area contributed by atoms with Gasteiger partial charge in [0.15, 0.2) is 0 Å². The van der Waals surface area contributed by atoms with Gasteiger partial charge in [-0.2, -0.15) is 0 Å². The normalized spacial score (nSPS) is 11.1. The Morgan fingerprint density at radius 3 is 1.62 bits per heavy atom. The van der Waals surface area contributed by atoms with Crippen molar-refractivity contribution >= 4 is 17.8 Å². The zero-order valence-corrected chi connectivity index (χ0v) is 15.5.